The molecule has 1 N–H and O–H groups in total. The summed E-state index contributed by atoms with van der Waals surface area (Å²) < 4.78 is 6.94. The van der Waals surface area contributed by atoms with E-state index < -0.39 is 11.5 Å². The molecule has 0 spiro atoms. The largest absolute Gasteiger partial charge is 0.385 e. The molecular formula is C11H15N3O2. The lowest BCUT2D eigenvalue weighted by Crippen LogP contribution is -2.29. The summed E-state index contributed by atoms with van der Waals surface area (Å²) in [6, 6.07) is 3.96. The topological polar surface area (TPSA) is 71.1 Å². The minimum Gasteiger partial charge on any atom is -0.385 e. The van der Waals surface area contributed by atoms with Crippen molar-refractivity contribution in [2.24, 2.45) is 5.41 Å². The number of ether oxygens (including phenoxy) is 1. The number of aryl methyl sites for hydroxylation is 1. The van der Waals surface area contributed by atoms with Crippen molar-refractivity contribution in [3.8, 4) is 6.07 Å². The van der Waals surface area contributed by atoms with E-state index in [1.807, 2.05) is 6.92 Å². The fourth-order valence-corrected chi connectivity index (χ4v) is 2.07. The van der Waals surface area contributed by atoms with Gasteiger partial charge in [0.25, 0.3) is 0 Å². The summed E-state index contributed by atoms with van der Waals surface area (Å²) in [5, 5.41) is 23.6. The van der Waals surface area contributed by atoms with Gasteiger partial charge in [-0.25, -0.2) is 0 Å². The van der Waals surface area contributed by atoms with E-state index in [0.29, 0.717) is 31.9 Å². The maximum absolute atomic E-state index is 10.3. The highest BCUT2D eigenvalue weighted by atomic mass is 16.5. The van der Waals surface area contributed by atoms with Crippen LogP contribution in [0.15, 0.2) is 12.3 Å². The molecule has 2 rings (SSSR count). The molecule has 0 radical (unpaired) electrons. The Hall–Kier alpha value is -1.38. The molecule has 1 aliphatic heterocycles. The minimum absolute atomic E-state index is 0.291. The summed E-state index contributed by atoms with van der Waals surface area (Å²) in [6.45, 7) is 3.46. The molecule has 0 aromatic carbocycles. The highest BCUT2D eigenvalue weighted by molar-refractivity contribution is 5.16. The zero-order valence-electron chi connectivity index (χ0n) is 9.26. The molecule has 1 aliphatic rings. The van der Waals surface area contributed by atoms with E-state index >= 15 is 0 Å². The van der Waals surface area contributed by atoms with Crippen molar-refractivity contribution >= 4 is 0 Å². The van der Waals surface area contributed by atoms with Gasteiger partial charge in [0.05, 0.1) is 18.4 Å². The molecule has 86 valence electrons. The van der Waals surface area contributed by atoms with Gasteiger partial charge in [0, 0.05) is 19.3 Å². The monoisotopic (exact) mass is 221 g/mol. The maximum atomic E-state index is 10.3. The molecule has 16 heavy (non-hydrogen) atoms. The van der Waals surface area contributed by atoms with Crippen LogP contribution in [0.4, 0.5) is 0 Å². The van der Waals surface area contributed by atoms with Crippen molar-refractivity contribution in [2.75, 3.05) is 13.2 Å². The van der Waals surface area contributed by atoms with Gasteiger partial charge in [0.1, 0.15) is 11.5 Å². The molecule has 1 fully saturated rings. The van der Waals surface area contributed by atoms with Crippen LogP contribution < -0.4 is 0 Å². The summed E-state index contributed by atoms with van der Waals surface area (Å²) in [5.74, 6) is 0. The SMILES string of the molecule is CCn1nccc1C(O)C1(C#N)CCOC1. The van der Waals surface area contributed by atoms with Gasteiger partial charge in [-0.1, -0.05) is 0 Å². The molecule has 5 nitrogen and oxygen atoms in total. The summed E-state index contributed by atoms with van der Waals surface area (Å²) in [5.41, 5.74) is -0.123. The van der Waals surface area contributed by atoms with Crippen LogP contribution in [0.25, 0.3) is 0 Å². The van der Waals surface area contributed by atoms with Crippen LogP contribution in [-0.2, 0) is 11.3 Å². The lowest BCUT2D eigenvalue weighted by atomic mass is 9.81. The number of aromatic nitrogens is 2. The first-order valence-electron chi connectivity index (χ1n) is 5.42. The third-order valence-corrected chi connectivity index (χ3v) is 3.13. The normalized spacial score (nSPS) is 26.6. The summed E-state index contributed by atoms with van der Waals surface area (Å²) in [7, 11) is 0. The Balaban J connectivity index is 2.31. The van der Waals surface area contributed by atoms with Crippen LogP contribution >= 0.6 is 0 Å². The predicted octanol–water partition coefficient (Wildman–Crippen LogP) is 0.867. The third kappa shape index (κ3) is 1.60. The Kier molecular flexibility index (Phi) is 2.95. The summed E-state index contributed by atoms with van der Waals surface area (Å²) in [6.07, 6.45) is 1.38. The van der Waals surface area contributed by atoms with E-state index in [9.17, 15) is 10.4 Å². The highest BCUT2D eigenvalue weighted by Crippen LogP contribution is 2.40. The molecule has 2 atom stereocenters. The van der Waals surface area contributed by atoms with Gasteiger partial charge in [-0.15, -0.1) is 0 Å². The van der Waals surface area contributed by atoms with E-state index in [4.69, 9.17) is 4.74 Å². The van der Waals surface area contributed by atoms with Crippen LogP contribution in [0.1, 0.15) is 25.1 Å². The van der Waals surface area contributed by atoms with Gasteiger partial charge in [0.2, 0.25) is 0 Å². The zero-order valence-corrected chi connectivity index (χ0v) is 9.26. The second-order valence-corrected chi connectivity index (χ2v) is 4.04. The molecule has 0 aliphatic carbocycles. The van der Waals surface area contributed by atoms with Crippen molar-refractivity contribution in [3.63, 3.8) is 0 Å². The average Bonchev–Trinajstić information content (AvgIpc) is 2.97. The Morgan fingerprint density at radius 2 is 2.62 bits per heavy atom. The first-order valence-corrected chi connectivity index (χ1v) is 5.42. The molecule has 2 unspecified atom stereocenters. The van der Waals surface area contributed by atoms with E-state index in [1.165, 1.54) is 0 Å². The lowest BCUT2D eigenvalue weighted by Gasteiger charge is -2.25. The quantitative estimate of drug-likeness (QED) is 0.822. The zero-order chi connectivity index (χ0) is 11.6. The van der Waals surface area contributed by atoms with Crippen molar-refractivity contribution in [2.45, 2.75) is 26.0 Å². The number of hydrogen-bond donors (Lipinski definition) is 1. The van der Waals surface area contributed by atoms with Crippen molar-refractivity contribution < 1.29 is 9.84 Å². The van der Waals surface area contributed by atoms with Crippen LogP contribution in [0.2, 0.25) is 0 Å². The third-order valence-electron chi connectivity index (χ3n) is 3.13. The van der Waals surface area contributed by atoms with Gasteiger partial charge >= 0.3 is 0 Å². The molecule has 5 heteroatoms. The molecule has 1 aromatic rings. The predicted molar refractivity (Wildman–Crippen MR) is 56.3 cm³/mol. The van der Waals surface area contributed by atoms with E-state index in [2.05, 4.69) is 11.2 Å². The second-order valence-electron chi connectivity index (χ2n) is 4.04. The molecule has 1 saturated heterocycles. The Morgan fingerprint density at radius 1 is 1.81 bits per heavy atom. The summed E-state index contributed by atoms with van der Waals surface area (Å²) >= 11 is 0. The smallest absolute Gasteiger partial charge is 0.117 e. The van der Waals surface area contributed by atoms with Crippen molar-refractivity contribution in [3.05, 3.63) is 18.0 Å². The first-order chi connectivity index (χ1) is 7.73. The number of rotatable bonds is 3. The van der Waals surface area contributed by atoms with Gasteiger partial charge in [0.15, 0.2) is 0 Å². The average molecular weight is 221 g/mol. The first kappa shape index (κ1) is 11.1. The van der Waals surface area contributed by atoms with Crippen LogP contribution in [0.5, 0.6) is 0 Å². The number of hydrogen-bond acceptors (Lipinski definition) is 4. The number of aliphatic hydroxyl groups is 1. The Morgan fingerprint density at radius 3 is 3.19 bits per heavy atom. The van der Waals surface area contributed by atoms with Crippen LogP contribution in [0.3, 0.4) is 0 Å². The maximum Gasteiger partial charge on any atom is 0.117 e. The fraction of sp³-hybridized carbons (Fsp3) is 0.636. The van der Waals surface area contributed by atoms with Crippen molar-refractivity contribution in [1.29, 1.82) is 5.26 Å². The summed E-state index contributed by atoms with van der Waals surface area (Å²) in [4.78, 5) is 0. The van der Waals surface area contributed by atoms with E-state index in [0.717, 1.165) is 0 Å². The van der Waals surface area contributed by atoms with E-state index in [-0.39, 0.29) is 0 Å². The molecule has 2 heterocycles. The number of nitrogens with zero attached hydrogens (tertiary/aromatic N) is 3. The number of nitriles is 1. The molecule has 0 amide bonds. The van der Waals surface area contributed by atoms with Gasteiger partial charge in [-0.2, -0.15) is 10.4 Å². The van der Waals surface area contributed by atoms with Gasteiger partial charge < -0.3 is 9.84 Å². The molecule has 0 bridgehead atoms. The fourth-order valence-electron chi connectivity index (χ4n) is 2.07. The highest BCUT2D eigenvalue weighted by Gasteiger charge is 2.44. The Labute approximate surface area is 94.3 Å². The molecular weight excluding hydrogens is 206 g/mol. The van der Waals surface area contributed by atoms with Gasteiger partial charge in [-0.3, -0.25) is 4.68 Å². The minimum atomic E-state index is -0.831. The number of aliphatic hydroxyl groups excluding tert-OH is 1. The second kappa shape index (κ2) is 4.24. The van der Waals surface area contributed by atoms with Crippen molar-refractivity contribution in [1.82, 2.24) is 9.78 Å². The van der Waals surface area contributed by atoms with Crippen LogP contribution in [0, 0.1) is 16.7 Å². The van der Waals surface area contributed by atoms with Gasteiger partial charge in [-0.05, 0) is 19.4 Å². The molecule has 1 aromatic heterocycles. The lowest BCUT2D eigenvalue weighted by molar-refractivity contribution is 0.0439. The standard InChI is InChI=1S/C11H15N3O2/c1-2-14-9(3-5-13-14)10(15)11(7-12)4-6-16-8-11/h3,5,10,15H,2,4,6,8H2,1H3. The molecule has 0 saturated carbocycles. The Bertz CT molecular complexity index is 402. The van der Waals surface area contributed by atoms with Crippen LogP contribution in [-0.4, -0.2) is 28.1 Å². The van der Waals surface area contributed by atoms with E-state index in [1.54, 1.807) is 16.9 Å².